The summed E-state index contributed by atoms with van der Waals surface area (Å²) in [6.45, 7) is 4.37. The Hall–Kier alpha value is -3.64. The second kappa shape index (κ2) is 9.98. The van der Waals surface area contributed by atoms with Crippen molar-refractivity contribution in [1.82, 2.24) is 20.2 Å². The van der Waals surface area contributed by atoms with E-state index in [9.17, 15) is 10.4 Å². The van der Waals surface area contributed by atoms with E-state index in [1.54, 1.807) is 12.1 Å². The highest BCUT2D eigenvalue weighted by atomic mass is 35.5. The molecule has 2 bridgehead atoms. The summed E-state index contributed by atoms with van der Waals surface area (Å²) in [7, 11) is 0. The summed E-state index contributed by atoms with van der Waals surface area (Å²) in [5, 5.41) is 27.4. The molecule has 4 aromatic rings. The first-order chi connectivity index (χ1) is 20.5. The summed E-state index contributed by atoms with van der Waals surface area (Å²) in [5.74, 6) is 0.895. The van der Waals surface area contributed by atoms with Gasteiger partial charge in [0.1, 0.15) is 18.2 Å². The van der Waals surface area contributed by atoms with Crippen molar-refractivity contribution in [3.05, 3.63) is 53.6 Å². The maximum absolute atomic E-state index is 10.6. The van der Waals surface area contributed by atoms with E-state index in [0.29, 0.717) is 17.6 Å². The number of hydrogen-bond donors (Lipinski definition) is 2. The van der Waals surface area contributed by atoms with E-state index in [-0.39, 0.29) is 29.3 Å². The van der Waals surface area contributed by atoms with Crippen LogP contribution in [0.25, 0.3) is 32.8 Å². The number of aromatic hydroxyl groups is 1. The number of nitrogens with one attached hydrogen (secondary N) is 1. The van der Waals surface area contributed by atoms with Gasteiger partial charge in [0.05, 0.1) is 29.1 Å². The number of ether oxygens (including phenoxy) is 1. The summed E-state index contributed by atoms with van der Waals surface area (Å²) in [5.41, 5.74) is 2.45. The fourth-order valence-corrected chi connectivity index (χ4v) is 8.34. The number of halogens is 1. The average molecular weight is 581 g/mol. The van der Waals surface area contributed by atoms with Gasteiger partial charge in [-0.2, -0.15) is 15.2 Å². The summed E-state index contributed by atoms with van der Waals surface area (Å²) in [6, 6.07) is 18.5. The lowest BCUT2D eigenvalue weighted by Crippen LogP contribution is -2.53. The lowest BCUT2D eigenvalue weighted by Gasteiger charge is -2.37. The third-order valence-corrected chi connectivity index (χ3v) is 10.4. The summed E-state index contributed by atoms with van der Waals surface area (Å²) >= 11 is 7.04. The molecule has 214 valence electrons. The van der Waals surface area contributed by atoms with Crippen molar-refractivity contribution in [2.24, 2.45) is 5.92 Å². The van der Waals surface area contributed by atoms with Gasteiger partial charge in [-0.15, -0.1) is 0 Å². The van der Waals surface area contributed by atoms with Crippen LogP contribution in [-0.2, 0) is 0 Å². The van der Waals surface area contributed by atoms with E-state index in [1.807, 2.05) is 36.4 Å². The Bertz CT molecular complexity index is 1740. The molecule has 9 heteroatoms. The van der Waals surface area contributed by atoms with Crippen molar-refractivity contribution in [3.8, 4) is 29.0 Å². The van der Waals surface area contributed by atoms with Crippen LogP contribution in [0, 0.1) is 17.2 Å². The van der Waals surface area contributed by atoms with Crippen LogP contribution >= 0.6 is 11.6 Å². The number of rotatable bonds is 5. The zero-order valence-corrected chi connectivity index (χ0v) is 24.1. The molecule has 0 amide bonds. The number of benzene rings is 3. The summed E-state index contributed by atoms with van der Waals surface area (Å²) in [6.07, 6.45) is 5.49. The van der Waals surface area contributed by atoms with Gasteiger partial charge >= 0.3 is 6.01 Å². The van der Waals surface area contributed by atoms with E-state index in [4.69, 9.17) is 26.3 Å². The maximum atomic E-state index is 10.6. The van der Waals surface area contributed by atoms with Gasteiger partial charge in [-0.1, -0.05) is 35.9 Å². The minimum Gasteiger partial charge on any atom is -0.508 e. The van der Waals surface area contributed by atoms with Crippen LogP contribution < -0.4 is 15.0 Å². The number of anilines is 1. The van der Waals surface area contributed by atoms with E-state index in [2.05, 4.69) is 21.2 Å². The zero-order valence-electron chi connectivity index (χ0n) is 23.4. The second-order valence-electron chi connectivity index (χ2n) is 12.4. The number of fused-ring (bicyclic) bond motifs is 5. The molecule has 8 nitrogen and oxygen atoms in total. The number of piperazine rings is 1. The third-order valence-electron chi connectivity index (χ3n) is 10.0. The zero-order chi connectivity index (χ0) is 28.4. The molecule has 3 unspecified atom stereocenters. The quantitative estimate of drug-likeness (QED) is 0.319. The second-order valence-corrected chi connectivity index (χ2v) is 12.8. The Morgan fingerprint density at radius 2 is 1.88 bits per heavy atom. The van der Waals surface area contributed by atoms with E-state index < -0.39 is 0 Å². The summed E-state index contributed by atoms with van der Waals surface area (Å²) in [4.78, 5) is 14.9. The van der Waals surface area contributed by atoms with Crippen LogP contribution in [0.5, 0.6) is 11.8 Å². The van der Waals surface area contributed by atoms with Gasteiger partial charge in [-0.3, -0.25) is 4.90 Å². The molecule has 8 rings (SSSR count). The fourth-order valence-electron chi connectivity index (χ4n) is 8.07. The fraction of sp³-hybridized carbons (Fsp3) is 0.424. The van der Waals surface area contributed by atoms with Gasteiger partial charge in [-0.25, -0.2) is 0 Å². The highest BCUT2D eigenvalue weighted by Gasteiger charge is 2.46. The minimum absolute atomic E-state index is 0.0203. The topological polar surface area (TPSA) is 97.5 Å². The van der Waals surface area contributed by atoms with Crippen molar-refractivity contribution in [1.29, 1.82) is 5.26 Å². The molecule has 0 saturated carbocycles. The van der Waals surface area contributed by atoms with Crippen molar-refractivity contribution in [2.45, 2.75) is 49.7 Å². The van der Waals surface area contributed by atoms with Crippen LogP contribution in [-0.4, -0.2) is 70.4 Å². The molecule has 3 atom stereocenters. The number of nitrogens with zero attached hydrogens (tertiary/aromatic N) is 5. The first kappa shape index (κ1) is 26.0. The first-order valence-electron chi connectivity index (χ1n) is 15.0. The number of hydrogen-bond acceptors (Lipinski definition) is 8. The highest BCUT2D eigenvalue weighted by Crippen LogP contribution is 2.44. The van der Waals surface area contributed by atoms with Gasteiger partial charge < -0.3 is 20.1 Å². The van der Waals surface area contributed by atoms with Gasteiger partial charge in [-0.05, 0) is 85.8 Å². The Labute approximate surface area is 249 Å². The predicted molar refractivity (Wildman–Crippen MR) is 164 cm³/mol. The third kappa shape index (κ3) is 4.10. The van der Waals surface area contributed by atoms with Gasteiger partial charge in [0.25, 0.3) is 0 Å². The lowest BCUT2D eigenvalue weighted by atomic mass is 9.95. The van der Waals surface area contributed by atoms with Gasteiger partial charge in [0.2, 0.25) is 0 Å². The Kier molecular flexibility index (Phi) is 6.18. The molecule has 4 aliphatic heterocycles. The monoisotopic (exact) mass is 580 g/mol. The van der Waals surface area contributed by atoms with Crippen molar-refractivity contribution in [3.63, 3.8) is 0 Å². The van der Waals surface area contributed by atoms with E-state index in [0.717, 1.165) is 84.1 Å². The molecule has 1 aromatic heterocycles. The molecule has 5 heterocycles. The molecule has 3 aromatic carbocycles. The molecule has 0 aliphatic carbocycles. The highest BCUT2D eigenvalue weighted by molar-refractivity contribution is 6.35. The molecule has 4 saturated heterocycles. The molecule has 4 aliphatic rings. The number of nitriles is 1. The first-order valence-corrected chi connectivity index (χ1v) is 15.4. The molecular weight excluding hydrogens is 548 g/mol. The van der Waals surface area contributed by atoms with Crippen LogP contribution in [0.4, 0.5) is 5.82 Å². The Morgan fingerprint density at radius 1 is 1.05 bits per heavy atom. The molecule has 0 spiro atoms. The SMILES string of the molecule is N#CC1CC2CNCC1N2c1nc(OCC23CCCN2CCC3)nc2cc(-c3cc(O)cc4ccccc34)c(Cl)cc12. The van der Waals surface area contributed by atoms with Crippen LogP contribution in [0.1, 0.15) is 32.1 Å². The van der Waals surface area contributed by atoms with Gasteiger partial charge in [0, 0.05) is 35.1 Å². The van der Waals surface area contributed by atoms with Crippen LogP contribution in [0.2, 0.25) is 5.02 Å². The standard InChI is InChI=1S/C33H33ClN6O2/c34-28-14-27-29(15-26(28)25-13-23(41)12-20-5-1-2-6-24(20)25)37-32(42-19-33-7-3-9-39(33)10-4-8-33)38-31(27)40-22-11-21(16-35)30(40)18-36-17-22/h1-2,5-6,12-15,21-22,30,36,41H,3-4,7-11,17-19H2. The minimum atomic E-state index is -0.0720. The summed E-state index contributed by atoms with van der Waals surface area (Å²) < 4.78 is 6.50. The number of phenols is 1. The Balaban J connectivity index is 1.28. The normalized spacial score (nSPS) is 24.8. The molecule has 2 N–H and O–H groups in total. The van der Waals surface area contributed by atoms with Crippen molar-refractivity contribution < 1.29 is 9.84 Å². The predicted octanol–water partition coefficient (Wildman–Crippen LogP) is 5.51. The number of aromatic nitrogens is 2. The van der Waals surface area contributed by atoms with Gasteiger partial charge in [0.15, 0.2) is 0 Å². The molecule has 4 fully saturated rings. The smallest absolute Gasteiger partial charge is 0.319 e. The van der Waals surface area contributed by atoms with Crippen LogP contribution in [0.3, 0.4) is 0 Å². The Morgan fingerprint density at radius 3 is 2.71 bits per heavy atom. The van der Waals surface area contributed by atoms with Crippen molar-refractivity contribution in [2.75, 3.05) is 37.7 Å². The van der Waals surface area contributed by atoms with E-state index in [1.165, 1.54) is 12.8 Å². The van der Waals surface area contributed by atoms with Crippen molar-refractivity contribution >= 4 is 39.1 Å². The maximum Gasteiger partial charge on any atom is 0.319 e. The van der Waals surface area contributed by atoms with E-state index >= 15 is 0 Å². The molecular formula is C33H33ClN6O2. The molecule has 42 heavy (non-hydrogen) atoms. The average Bonchev–Trinajstić information content (AvgIpc) is 3.64. The van der Waals surface area contributed by atoms with Crippen LogP contribution in [0.15, 0.2) is 48.5 Å². The molecule has 0 radical (unpaired) electrons. The lowest BCUT2D eigenvalue weighted by molar-refractivity contribution is 0.108. The number of phenolic OH excluding ortho intramolecular Hbond substituents is 1. The largest absolute Gasteiger partial charge is 0.508 e.